The minimum atomic E-state index is 0. The molecule has 0 aliphatic heterocycles. The van der Waals surface area contributed by atoms with Gasteiger partial charge in [0.05, 0.1) is 20.2 Å². The van der Waals surface area contributed by atoms with Gasteiger partial charge >= 0.3 is 0 Å². The summed E-state index contributed by atoms with van der Waals surface area (Å²) in [5.74, 6) is 3.38. The lowest BCUT2D eigenvalue weighted by atomic mass is 10.2. The molecule has 0 spiro atoms. The maximum absolute atomic E-state index is 5.81. The van der Waals surface area contributed by atoms with Crippen LogP contribution in [-0.2, 0) is 13.1 Å². The molecule has 7 nitrogen and oxygen atoms in total. The van der Waals surface area contributed by atoms with Crippen molar-refractivity contribution in [2.24, 2.45) is 4.99 Å². The molecule has 8 heteroatoms. The summed E-state index contributed by atoms with van der Waals surface area (Å²) < 4.78 is 13.1. The molecule has 0 atom stereocenters. The SMILES string of the molecule is CN=C(NCc1nccn1Cc1ccccc1)N(C)CCOc1ccc(OC)cc1.I. The van der Waals surface area contributed by atoms with Crippen molar-refractivity contribution in [1.82, 2.24) is 19.8 Å². The van der Waals surface area contributed by atoms with E-state index in [1.54, 1.807) is 14.2 Å². The zero-order valence-corrected chi connectivity index (χ0v) is 20.5. The van der Waals surface area contributed by atoms with E-state index in [2.05, 4.69) is 44.1 Å². The fourth-order valence-corrected chi connectivity index (χ4v) is 3.05. The van der Waals surface area contributed by atoms with Crippen LogP contribution in [-0.4, -0.2) is 54.8 Å². The molecule has 0 saturated carbocycles. The fraction of sp³-hybridized carbons (Fsp3) is 0.304. The van der Waals surface area contributed by atoms with E-state index < -0.39 is 0 Å². The molecule has 0 aliphatic carbocycles. The van der Waals surface area contributed by atoms with E-state index in [0.29, 0.717) is 19.7 Å². The summed E-state index contributed by atoms with van der Waals surface area (Å²) >= 11 is 0. The normalized spacial score (nSPS) is 10.9. The summed E-state index contributed by atoms with van der Waals surface area (Å²) in [5, 5.41) is 3.38. The quantitative estimate of drug-likeness (QED) is 0.258. The third-order valence-electron chi connectivity index (χ3n) is 4.73. The molecule has 1 N–H and O–H groups in total. The molecule has 0 amide bonds. The molecule has 0 bridgehead atoms. The molecular formula is C23H30IN5O2. The van der Waals surface area contributed by atoms with Crippen molar-refractivity contribution in [2.45, 2.75) is 13.1 Å². The largest absolute Gasteiger partial charge is 0.497 e. The van der Waals surface area contributed by atoms with Crippen LogP contribution in [0.3, 0.4) is 0 Å². The number of methoxy groups -OCH3 is 1. The van der Waals surface area contributed by atoms with Crippen LogP contribution < -0.4 is 14.8 Å². The van der Waals surface area contributed by atoms with Gasteiger partial charge in [-0.25, -0.2) is 4.98 Å². The van der Waals surface area contributed by atoms with Crippen molar-refractivity contribution in [3.8, 4) is 11.5 Å². The van der Waals surface area contributed by atoms with Gasteiger partial charge in [-0.1, -0.05) is 30.3 Å². The van der Waals surface area contributed by atoms with Crippen LogP contribution in [0.2, 0.25) is 0 Å². The molecular weight excluding hydrogens is 505 g/mol. The average molecular weight is 535 g/mol. The number of ether oxygens (including phenoxy) is 2. The van der Waals surface area contributed by atoms with Crippen LogP contribution in [0.25, 0.3) is 0 Å². The van der Waals surface area contributed by atoms with E-state index in [1.165, 1.54) is 5.56 Å². The highest BCUT2D eigenvalue weighted by Gasteiger charge is 2.09. The van der Waals surface area contributed by atoms with Gasteiger partial charge in [0, 0.05) is 33.0 Å². The number of rotatable bonds is 9. The Hall–Kier alpha value is -2.75. The summed E-state index contributed by atoms with van der Waals surface area (Å²) in [5.41, 5.74) is 1.24. The third kappa shape index (κ3) is 7.46. The summed E-state index contributed by atoms with van der Waals surface area (Å²) in [6.45, 7) is 2.63. The number of hydrogen-bond acceptors (Lipinski definition) is 4. The average Bonchev–Trinajstić information content (AvgIpc) is 3.22. The standard InChI is InChI=1S/C23H29N5O2.HI/c1-24-23(27(2)15-16-30-21-11-9-20(29-3)10-12-21)26-17-22-25-13-14-28(22)18-19-7-5-4-6-8-19;/h4-14H,15-18H2,1-3H3,(H,24,26);1H. The maximum Gasteiger partial charge on any atom is 0.193 e. The first-order chi connectivity index (χ1) is 14.7. The molecule has 0 unspecified atom stereocenters. The molecule has 1 heterocycles. The first-order valence-corrected chi connectivity index (χ1v) is 9.92. The number of halogens is 1. The van der Waals surface area contributed by atoms with Crippen LogP contribution in [0.15, 0.2) is 72.0 Å². The van der Waals surface area contributed by atoms with Crippen molar-refractivity contribution in [3.05, 3.63) is 78.4 Å². The summed E-state index contributed by atoms with van der Waals surface area (Å²) in [7, 11) is 5.42. The van der Waals surface area contributed by atoms with Gasteiger partial charge in [0.2, 0.25) is 0 Å². The number of guanidine groups is 1. The minimum Gasteiger partial charge on any atom is -0.497 e. The molecule has 0 fully saturated rings. The number of nitrogens with zero attached hydrogens (tertiary/aromatic N) is 4. The molecule has 0 aliphatic rings. The summed E-state index contributed by atoms with van der Waals surface area (Å²) in [4.78, 5) is 10.9. The highest BCUT2D eigenvalue weighted by molar-refractivity contribution is 14.0. The van der Waals surface area contributed by atoms with Gasteiger partial charge in [-0.3, -0.25) is 4.99 Å². The van der Waals surface area contributed by atoms with Crippen molar-refractivity contribution in [3.63, 3.8) is 0 Å². The zero-order chi connectivity index (χ0) is 21.2. The van der Waals surface area contributed by atoms with Crippen LogP contribution in [0.5, 0.6) is 11.5 Å². The summed E-state index contributed by atoms with van der Waals surface area (Å²) in [6, 6.07) is 17.9. The maximum atomic E-state index is 5.81. The first-order valence-electron chi connectivity index (χ1n) is 9.92. The van der Waals surface area contributed by atoms with Crippen LogP contribution in [0, 0.1) is 0 Å². The predicted octanol–water partition coefficient (Wildman–Crippen LogP) is 3.64. The van der Waals surface area contributed by atoms with Crippen molar-refractivity contribution >= 4 is 29.9 Å². The van der Waals surface area contributed by atoms with Crippen molar-refractivity contribution in [2.75, 3.05) is 34.4 Å². The van der Waals surface area contributed by atoms with Crippen molar-refractivity contribution < 1.29 is 9.47 Å². The van der Waals surface area contributed by atoms with Gasteiger partial charge in [0.15, 0.2) is 5.96 Å². The Balaban J connectivity index is 0.00000341. The second kappa shape index (κ2) is 12.8. The Labute approximate surface area is 201 Å². The smallest absolute Gasteiger partial charge is 0.193 e. The molecule has 31 heavy (non-hydrogen) atoms. The van der Waals surface area contributed by atoms with Crippen LogP contribution in [0.4, 0.5) is 0 Å². The molecule has 0 radical (unpaired) electrons. The molecule has 3 aromatic rings. The van der Waals surface area contributed by atoms with Crippen LogP contribution >= 0.6 is 24.0 Å². The van der Waals surface area contributed by atoms with Gasteiger partial charge < -0.3 is 24.3 Å². The number of aromatic nitrogens is 2. The van der Waals surface area contributed by atoms with E-state index in [1.807, 2.05) is 54.7 Å². The molecule has 166 valence electrons. The van der Waals surface area contributed by atoms with Gasteiger partial charge in [-0.2, -0.15) is 0 Å². The molecule has 2 aromatic carbocycles. The number of likely N-dealkylation sites (N-methyl/N-ethyl adjacent to an activating group) is 1. The first kappa shape index (κ1) is 24.5. The number of imidazole rings is 1. The highest BCUT2D eigenvalue weighted by Crippen LogP contribution is 2.16. The molecule has 3 rings (SSSR count). The monoisotopic (exact) mass is 535 g/mol. The summed E-state index contributed by atoms with van der Waals surface area (Å²) in [6.07, 6.45) is 3.83. The third-order valence-corrected chi connectivity index (χ3v) is 4.73. The second-order valence-corrected chi connectivity index (χ2v) is 6.80. The Morgan fingerprint density at radius 1 is 1.10 bits per heavy atom. The topological polar surface area (TPSA) is 63.9 Å². The van der Waals surface area contributed by atoms with E-state index in [0.717, 1.165) is 29.8 Å². The van der Waals surface area contributed by atoms with Gasteiger partial charge in [0.1, 0.15) is 23.9 Å². The number of aliphatic imine (C=N–C) groups is 1. The number of benzene rings is 2. The lowest BCUT2D eigenvalue weighted by Gasteiger charge is -2.22. The lowest BCUT2D eigenvalue weighted by Crippen LogP contribution is -2.40. The Kier molecular flexibility index (Phi) is 10.2. The van der Waals surface area contributed by atoms with E-state index in [-0.39, 0.29) is 24.0 Å². The fourth-order valence-electron chi connectivity index (χ4n) is 3.05. The van der Waals surface area contributed by atoms with Crippen LogP contribution in [0.1, 0.15) is 11.4 Å². The Bertz CT molecular complexity index is 929. The Morgan fingerprint density at radius 2 is 1.81 bits per heavy atom. The molecule has 1 aromatic heterocycles. The van der Waals surface area contributed by atoms with Crippen molar-refractivity contribution in [1.29, 1.82) is 0 Å². The molecule has 0 saturated heterocycles. The lowest BCUT2D eigenvalue weighted by molar-refractivity contribution is 0.281. The van der Waals surface area contributed by atoms with E-state index in [9.17, 15) is 0 Å². The van der Waals surface area contributed by atoms with Gasteiger partial charge in [0.25, 0.3) is 0 Å². The Morgan fingerprint density at radius 3 is 2.48 bits per heavy atom. The highest BCUT2D eigenvalue weighted by atomic mass is 127. The zero-order valence-electron chi connectivity index (χ0n) is 18.2. The number of hydrogen-bond donors (Lipinski definition) is 1. The second-order valence-electron chi connectivity index (χ2n) is 6.80. The van der Waals surface area contributed by atoms with Gasteiger partial charge in [-0.15, -0.1) is 24.0 Å². The van der Waals surface area contributed by atoms with E-state index in [4.69, 9.17) is 9.47 Å². The minimum absolute atomic E-state index is 0. The number of nitrogens with one attached hydrogen (secondary N) is 1. The van der Waals surface area contributed by atoms with E-state index >= 15 is 0 Å². The van der Waals surface area contributed by atoms with Gasteiger partial charge in [-0.05, 0) is 29.8 Å². The predicted molar refractivity (Wildman–Crippen MR) is 135 cm³/mol.